The van der Waals surface area contributed by atoms with Gasteiger partial charge in [-0.2, -0.15) is 4.31 Å². The van der Waals surface area contributed by atoms with Crippen LogP contribution in [0.4, 0.5) is 5.69 Å². The minimum atomic E-state index is -4.08. The second kappa shape index (κ2) is 10.1. The number of sulfonamides is 1. The molecule has 3 aromatic carbocycles. The minimum absolute atomic E-state index is 0.0492. The monoisotopic (exact) mass is 423 g/mol. The lowest BCUT2D eigenvalue weighted by atomic mass is 10.1. The lowest BCUT2D eigenvalue weighted by Crippen LogP contribution is -2.40. The molecule has 0 saturated heterocycles. The zero-order valence-corrected chi connectivity index (χ0v) is 17.7. The van der Waals surface area contributed by atoms with Gasteiger partial charge in [0.05, 0.1) is 10.6 Å². The molecule has 0 aliphatic rings. The molecule has 1 amide bonds. The Hall–Kier alpha value is -3.12. The summed E-state index contributed by atoms with van der Waals surface area (Å²) >= 11 is 0. The van der Waals surface area contributed by atoms with E-state index in [0.29, 0.717) is 11.4 Å². The molecular weight excluding hydrogens is 398 g/mol. The number of hydrogen-bond acceptors (Lipinski definition) is 4. The van der Waals surface area contributed by atoms with Crippen molar-refractivity contribution < 1.29 is 17.9 Å². The molecule has 0 heterocycles. The summed E-state index contributed by atoms with van der Waals surface area (Å²) in [6.07, 6.45) is 3.04. The molecule has 156 valence electrons. The number of benzene rings is 3. The number of carbonyl (C=O) groups is 1. The average Bonchev–Trinajstić information content (AvgIpc) is 2.78. The van der Waals surface area contributed by atoms with Crippen molar-refractivity contribution in [2.24, 2.45) is 0 Å². The van der Waals surface area contributed by atoms with Gasteiger partial charge in [0, 0.05) is 0 Å². The van der Waals surface area contributed by atoms with E-state index in [4.69, 9.17) is 4.74 Å². The van der Waals surface area contributed by atoms with Gasteiger partial charge in [-0.05, 0) is 54.8 Å². The number of aryl methyl sites for hydroxylation is 1. The van der Waals surface area contributed by atoms with Crippen LogP contribution >= 0.6 is 0 Å². The van der Waals surface area contributed by atoms with E-state index < -0.39 is 22.5 Å². The summed E-state index contributed by atoms with van der Waals surface area (Å²) in [7, 11) is -4.08. The van der Waals surface area contributed by atoms with Crippen LogP contribution in [0.1, 0.15) is 25.3 Å². The Morgan fingerprint density at radius 2 is 1.47 bits per heavy atom. The first kappa shape index (κ1) is 21.6. The van der Waals surface area contributed by atoms with E-state index in [-0.39, 0.29) is 4.90 Å². The third-order valence-electron chi connectivity index (χ3n) is 4.60. The van der Waals surface area contributed by atoms with Crippen molar-refractivity contribution in [1.82, 2.24) is 0 Å². The number of unbranched alkanes of at least 4 members (excludes halogenated alkanes) is 1. The maximum atomic E-state index is 13.3. The lowest BCUT2D eigenvalue weighted by Gasteiger charge is -2.23. The summed E-state index contributed by atoms with van der Waals surface area (Å²) in [6.45, 7) is 1.72. The van der Waals surface area contributed by atoms with Crippen LogP contribution < -0.4 is 9.04 Å². The molecule has 30 heavy (non-hydrogen) atoms. The van der Waals surface area contributed by atoms with Crippen molar-refractivity contribution in [3.05, 3.63) is 90.5 Å². The maximum absolute atomic E-state index is 13.3. The van der Waals surface area contributed by atoms with Crippen molar-refractivity contribution in [2.45, 2.75) is 31.1 Å². The highest BCUT2D eigenvalue weighted by Crippen LogP contribution is 2.25. The smallest absolute Gasteiger partial charge is 0.278 e. The first-order chi connectivity index (χ1) is 14.5. The molecule has 0 atom stereocenters. The molecule has 0 bridgehead atoms. The van der Waals surface area contributed by atoms with Crippen LogP contribution in [0.15, 0.2) is 89.8 Å². The predicted molar refractivity (Wildman–Crippen MR) is 118 cm³/mol. The van der Waals surface area contributed by atoms with Crippen LogP contribution in [-0.2, 0) is 21.2 Å². The highest BCUT2D eigenvalue weighted by molar-refractivity contribution is 7.93. The Balaban J connectivity index is 1.91. The molecule has 3 aromatic rings. The van der Waals surface area contributed by atoms with Gasteiger partial charge >= 0.3 is 0 Å². The Kier molecular flexibility index (Phi) is 7.25. The van der Waals surface area contributed by atoms with Crippen LogP contribution in [0.25, 0.3) is 0 Å². The molecule has 0 fully saturated rings. The molecule has 0 spiro atoms. The number of amides is 1. The van der Waals surface area contributed by atoms with Crippen molar-refractivity contribution in [3.63, 3.8) is 0 Å². The van der Waals surface area contributed by atoms with E-state index in [0.717, 1.165) is 29.1 Å². The summed E-state index contributed by atoms with van der Waals surface area (Å²) in [5, 5.41) is 0. The quantitative estimate of drug-likeness (QED) is 0.494. The normalized spacial score (nSPS) is 11.1. The molecule has 0 aliphatic carbocycles. The SMILES string of the molecule is CCCCc1ccc(N(C(=O)COc2ccccc2)S(=O)(=O)c2ccccc2)cc1. The van der Waals surface area contributed by atoms with Gasteiger partial charge < -0.3 is 4.74 Å². The molecule has 5 nitrogen and oxygen atoms in total. The molecule has 0 unspecified atom stereocenters. The zero-order chi connectivity index (χ0) is 21.4. The van der Waals surface area contributed by atoms with E-state index in [1.165, 1.54) is 12.1 Å². The van der Waals surface area contributed by atoms with Crippen molar-refractivity contribution in [1.29, 1.82) is 0 Å². The number of ether oxygens (including phenoxy) is 1. The maximum Gasteiger partial charge on any atom is 0.278 e. The van der Waals surface area contributed by atoms with E-state index in [2.05, 4.69) is 6.92 Å². The second-order valence-electron chi connectivity index (χ2n) is 6.85. The third kappa shape index (κ3) is 5.27. The number of anilines is 1. The Morgan fingerprint density at radius 1 is 0.867 bits per heavy atom. The van der Waals surface area contributed by atoms with Gasteiger partial charge in [-0.1, -0.05) is 61.9 Å². The van der Waals surface area contributed by atoms with Crippen LogP contribution in [0.2, 0.25) is 0 Å². The molecule has 0 aliphatic heterocycles. The third-order valence-corrected chi connectivity index (χ3v) is 6.37. The first-order valence-electron chi connectivity index (χ1n) is 9.92. The summed E-state index contributed by atoms with van der Waals surface area (Å²) in [4.78, 5) is 13.1. The molecule has 0 aromatic heterocycles. The standard InChI is InChI=1S/C24H25NO4S/c1-2-3-10-20-15-17-21(18-16-20)25(30(27,28)23-13-8-5-9-14-23)24(26)19-29-22-11-6-4-7-12-22/h4-9,11-18H,2-3,10,19H2,1H3. The van der Waals surface area contributed by atoms with Gasteiger partial charge in [0.1, 0.15) is 5.75 Å². The van der Waals surface area contributed by atoms with Crippen molar-refractivity contribution in [2.75, 3.05) is 10.9 Å². The molecule has 0 saturated carbocycles. The summed E-state index contributed by atoms with van der Waals surface area (Å²) in [6, 6.07) is 23.8. The fraction of sp³-hybridized carbons (Fsp3) is 0.208. The largest absolute Gasteiger partial charge is 0.484 e. The molecule has 0 N–H and O–H groups in total. The Morgan fingerprint density at radius 3 is 2.07 bits per heavy atom. The minimum Gasteiger partial charge on any atom is -0.484 e. The summed E-state index contributed by atoms with van der Waals surface area (Å²) < 4.78 is 32.9. The summed E-state index contributed by atoms with van der Waals surface area (Å²) in [5.74, 6) is -0.165. The fourth-order valence-electron chi connectivity index (χ4n) is 3.01. The van der Waals surface area contributed by atoms with Gasteiger partial charge in [0.15, 0.2) is 6.61 Å². The van der Waals surface area contributed by atoms with Crippen LogP contribution in [0.3, 0.4) is 0 Å². The summed E-state index contributed by atoms with van der Waals surface area (Å²) in [5.41, 5.74) is 1.39. The van der Waals surface area contributed by atoms with E-state index >= 15 is 0 Å². The second-order valence-corrected chi connectivity index (χ2v) is 8.63. The van der Waals surface area contributed by atoms with E-state index in [9.17, 15) is 13.2 Å². The Bertz CT molecular complexity index is 1050. The van der Waals surface area contributed by atoms with Gasteiger partial charge in [-0.25, -0.2) is 8.42 Å². The number of carbonyl (C=O) groups excluding carboxylic acids is 1. The zero-order valence-electron chi connectivity index (χ0n) is 16.9. The van der Waals surface area contributed by atoms with Gasteiger partial charge in [-0.15, -0.1) is 0 Å². The average molecular weight is 424 g/mol. The van der Waals surface area contributed by atoms with Crippen molar-refractivity contribution >= 4 is 21.6 Å². The molecular formula is C24H25NO4S. The number of para-hydroxylation sites is 1. The van der Waals surface area contributed by atoms with Crippen LogP contribution in [0, 0.1) is 0 Å². The highest BCUT2D eigenvalue weighted by Gasteiger charge is 2.31. The van der Waals surface area contributed by atoms with Crippen LogP contribution in [0.5, 0.6) is 5.75 Å². The molecule has 0 radical (unpaired) electrons. The van der Waals surface area contributed by atoms with Gasteiger partial charge in [0.2, 0.25) is 0 Å². The van der Waals surface area contributed by atoms with Crippen LogP contribution in [-0.4, -0.2) is 20.9 Å². The van der Waals surface area contributed by atoms with Crippen molar-refractivity contribution in [3.8, 4) is 5.75 Å². The van der Waals surface area contributed by atoms with E-state index in [1.54, 1.807) is 54.6 Å². The Labute approximate surface area is 178 Å². The van der Waals surface area contributed by atoms with Gasteiger partial charge in [-0.3, -0.25) is 4.79 Å². The predicted octanol–water partition coefficient (Wildman–Crippen LogP) is 4.83. The lowest BCUT2D eigenvalue weighted by molar-refractivity contribution is -0.119. The highest BCUT2D eigenvalue weighted by atomic mass is 32.2. The van der Waals surface area contributed by atoms with E-state index in [1.807, 2.05) is 18.2 Å². The number of nitrogens with zero attached hydrogens (tertiary/aromatic N) is 1. The fourth-order valence-corrected chi connectivity index (χ4v) is 4.45. The molecule has 6 heteroatoms. The number of hydrogen-bond donors (Lipinski definition) is 0. The number of rotatable bonds is 9. The molecule has 3 rings (SSSR count). The first-order valence-corrected chi connectivity index (χ1v) is 11.4. The topological polar surface area (TPSA) is 63.7 Å². The van der Waals surface area contributed by atoms with Gasteiger partial charge in [0.25, 0.3) is 15.9 Å².